The highest BCUT2D eigenvalue weighted by molar-refractivity contribution is 5.97. The number of nitrogens with one attached hydrogen (secondary N) is 2. The first-order valence-electron chi connectivity index (χ1n) is 8.72. The van der Waals surface area contributed by atoms with Crippen molar-refractivity contribution in [3.05, 3.63) is 35.4 Å². The standard InChI is InChI=1S/C19H28N2O3/c1-12(2)17(19(24)20-15-8-10-16(22)11-9-15)21-18(23)14-6-4-13(3)5-7-14/h4-7,12,15-17,22H,8-11H2,1-3H3,(H,20,24)(H,21,23)/t15?,16?,17-/m0/s1. The minimum absolute atomic E-state index is 0.00595. The predicted molar refractivity (Wildman–Crippen MR) is 93.7 cm³/mol. The molecule has 5 nitrogen and oxygen atoms in total. The summed E-state index contributed by atoms with van der Waals surface area (Å²) in [5.74, 6) is -0.386. The van der Waals surface area contributed by atoms with E-state index in [0.717, 1.165) is 18.4 Å². The van der Waals surface area contributed by atoms with E-state index in [1.54, 1.807) is 12.1 Å². The smallest absolute Gasteiger partial charge is 0.251 e. The summed E-state index contributed by atoms with van der Waals surface area (Å²) in [5.41, 5.74) is 1.64. The van der Waals surface area contributed by atoms with Gasteiger partial charge in [-0.15, -0.1) is 0 Å². The summed E-state index contributed by atoms with van der Waals surface area (Å²) >= 11 is 0. The van der Waals surface area contributed by atoms with Gasteiger partial charge in [0.1, 0.15) is 6.04 Å². The summed E-state index contributed by atoms with van der Waals surface area (Å²) in [5, 5.41) is 15.4. The van der Waals surface area contributed by atoms with E-state index in [2.05, 4.69) is 10.6 Å². The molecule has 0 saturated heterocycles. The summed E-state index contributed by atoms with van der Waals surface area (Å²) in [7, 11) is 0. The lowest BCUT2D eigenvalue weighted by molar-refractivity contribution is -0.125. The molecule has 2 amide bonds. The average molecular weight is 332 g/mol. The van der Waals surface area contributed by atoms with Gasteiger partial charge in [-0.2, -0.15) is 0 Å². The first kappa shape index (κ1) is 18.5. The lowest BCUT2D eigenvalue weighted by Crippen LogP contribution is -2.52. The molecule has 132 valence electrons. The maximum Gasteiger partial charge on any atom is 0.251 e. The van der Waals surface area contributed by atoms with Crippen LogP contribution in [0.4, 0.5) is 0 Å². The van der Waals surface area contributed by atoms with Crippen LogP contribution >= 0.6 is 0 Å². The van der Waals surface area contributed by atoms with Crippen molar-refractivity contribution in [2.75, 3.05) is 0 Å². The Labute approximate surface area is 143 Å². The quantitative estimate of drug-likeness (QED) is 0.773. The Bertz CT molecular complexity index is 560. The van der Waals surface area contributed by atoms with Gasteiger partial charge in [0.05, 0.1) is 6.10 Å². The van der Waals surface area contributed by atoms with Crippen molar-refractivity contribution in [2.45, 2.75) is 64.6 Å². The lowest BCUT2D eigenvalue weighted by atomic mass is 9.92. The minimum atomic E-state index is -0.564. The summed E-state index contributed by atoms with van der Waals surface area (Å²) < 4.78 is 0. The first-order chi connectivity index (χ1) is 11.4. The number of aliphatic hydroxyl groups excluding tert-OH is 1. The second-order valence-corrected chi connectivity index (χ2v) is 7.08. The van der Waals surface area contributed by atoms with E-state index in [1.807, 2.05) is 32.9 Å². The summed E-state index contributed by atoms with van der Waals surface area (Å²) in [4.78, 5) is 25.0. The number of hydrogen-bond donors (Lipinski definition) is 3. The molecule has 0 bridgehead atoms. The molecule has 1 aliphatic carbocycles. The zero-order valence-electron chi connectivity index (χ0n) is 14.7. The molecule has 1 aromatic carbocycles. The highest BCUT2D eigenvalue weighted by Crippen LogP contribution is 2.18. The van der Waals surface area contributed by atoms with Crippen LogP contribution in [0, 0.1) is 12.8 Å². The zero-order valence-corrected chi connectivity index (χ0v) is 14.7. The molecule has 1 fully saturated rings. The van der Waals surface area contributed by atoms with Gasteiger partial charge < -0.3 is 15.7 Å². The molecule has 3 N–H and O–H groups in total. The average Bonchev–Trinajstić information content (AvgIpc) is 2.54. The molecule has 0 spiro atoms. The normalized spacial score (nSPS) is 22.0. The number of rotatable bonds is 5. The van der Waals surface area contributed by atoms with Crippen LogP contribution in [-0.2, 0) is 4.79 Å². The Kier molecular flexibility index (Phi) is 6.37. The number of carbonyl (C=O) groups excluding carboxylic acids is 2. The maximum absolute atomic E-state index is 12.6. The van der Waals surface area contributed by atoms with Crippen LogP contribution < -0.4 is 10.6 Å². The van der Waals surface area contributed by atoms with E-state index in [1.165, 1.54) is 0 Å². The Morgan fingerprint density at radius 3 is 2.21 bits per heavy atom. The van der Waals surface area contributed by atoms with Gasteiger partial charge in [-0.05, 0) is 50.7 Å². The SMILES string of the molecule is Cc1ccc(C(=O)N[C@H](C(=O)NC2CCC(O)CC2)C(C)C)cc1. The van der Waals surface area contributed by atoms with Gasteiger partial charge in [-0.25, -0.2) is 0 Å². The molecule has 5 heteroatoms. The first-order valence-corrected chi connectivity index (χ1v) is 8.72. The largest absolute Gasteiger partial charge is 0.393 e. The molecule has 0 radical (unpaired) electrons. The second kappa shape index (κ2) is 8.29. The molecule has 0 heterocycles. The van der Waals surface area contributed by atoms with Crippen molar-refractivity contribution < 1.29 is 14.7 Å². The second-order valence-electron chi connectivity index (χ2n) is 7.08. The van der Waals surface area contributed by atoms with Crippen LogP contribution in [0.5, 0.6) is 0 Å². The van der Waals surface area contributed by atoms with E-state index in [-0.39, 0.29) is 29.9 Å². The van der Waals surface area contributed by atoms with Crippen LogP contribution in [0.2, 0.25) is 0 Å². The van der Waals surface area contributed by atoms with Gasteiger partial charge in [0.25, 0.3) is 5.91 Å². The molecule has 1 atom stereocenters. The van der Waals surface area contributed by atoms with Crippen LogP contribution in [0.1, 0.15) is 55.5 Å². The molecule has 0 unspecified atom stereocenters. The topological polar surface area (TPSA) is 78.4 Å². The number of hydrogen-bond acceptors (Lipinski definition) is 3. The molecule has 1 saturated carbocycles. The monoisotopic (exact) mass is 332 g/mol. The third kappa shape index (κ3) is 5.06. The molecule has 24 heavy (non-hydrogen) atoms. The molecule has 1 aromatic rings. The summed E-state index contributed by atoms with van der Waals surface area (Å²) in [6.07, 6.45) is 2.74. The molecular weight excluding hydrogens is 304 g/mol. The van der Waals surface area contributed by atoms with E-state index >= 15 is 0 Å². The molecule has 1 aliphatic rings. The summed E-state index contributed by atoms with van der Waals surface area (Å²) in [6, 6.07) is 6.81. The Morgan fingerprint density at radius 2 is 1.67 bits per heavy atom. The zero-order chi connectivity index (χ0) is 17.7. The molecular formula is C19H28N2O3. The van der Waals surface area contributed by atoms with Crippen LogP contribution in [0.3, 0.4) is 0 Å². The van der Waals surface area contributed by atoms with Gasteiger partial charge in [-0.3, -0.25) is 9.59 Å². The van der Waals surface area contributed by atoms with Crippen LogP contribution in [0.25, 0.3) is 0 Å². The fourth-order valence-corrected chi connectivity index (χ4v) is 2.98. The predicted octanol–water partition coefficient (Wildman–Crippen LogP) is 2.17. The van der Waals surface area contributed by atoms with E-state index < -0.39 is 6.04 Å². The molecule has 0 aromatic heterocycles. The Morgan fingerprint density at radius 1 is 1.08 bits per heavy atom. The fourth-order valence-electron chi connectivity index (χ4n) is 2.98. The van der Waals surface area contributed by atoms with Gasteiger partial charge >= 0.3 is 0 Å². The van der Waals surface area contributed by atoms with Gasteiger partial charge in [0, 0.05) is 11.6 Å². The van der Waals surface area contributed by atoms with Gasteiger partial charge in [-0.1, -0.05) is 31.5 Å². The van der Waals surface area contributed by atoms with Crippen LogP contribution in [0.15, 0.2) is 24.3 Å². The number of carbonyl (C=O) groups is 2. The van der Waals surface area contributed by atoms with Crippen molar-refractivity contribution >= 4 is 11.8 Å². The maximum atomic E-state index is 12.6. The number of benzene rings is 1. The van der Waals surface area contributed by atoms with Gasteiger partial charge in [0.2, 0.25) is 5.91 Å². The fraction of sp³-hybridized carbons (Fsp3) is 0.579. The van der Waals surface area contributed by atoms with E-state index in [0.29, 0.717) is 18.4 Å². The Balaban J connectivity index is 1.96. The highest BCUT2D eigenvalue weighted by atomic mass is 16.3. The summed E-state index contributed by atoms with van der Waals surface area (Å²) in [6.45, 7) is 5.81. The third-order valence-electron chi connectivity index (χ3n) is 4.59. The molecule has 2 rings (SSSR count). The Hall–Kier alpha value is -1.88. The van der Waals surface area contributed by atoms with E-state index in [9.17, 15) is 14.7 Å². The molecule has 0 aliphatic heterocycles. The van der Waals surface area contributed by atoms with Crippen molar-refractivity contribution in [2.24, 2.45) is 5.92 Å². The number of aliphatic hydroxyl groups is 1. The number of amides is 2. The van der Waals surface area contributed by atoms with Crippen LogP contribution in [-0.4, -0.2) is 35.1 Å². The van der Waals surface area contributed by atoms with Crippen molar-refractivity contribution in [3.8, 4) is 0 Å². The van der Waals surface area contributed by atoms with Crippen molar-refractivity contribution in [1.29, 1.82) is 0 Å². The highest BCUT2D eigenvalue weighted by Gasteiger charge is 2.28. The van der Waals surface area contributed by atoms with Crippen molar-refractivity contribution in [1.82, 2.24) is 10.6 Å². The van der Waals surface area contributed by atoms with Gasteiger partial charge in [0.15, 0.2) is 0 Å². The minimum Gasteiger partial charge on any atom is -0.393 e. The number of aryl methyl sites for hydroxylation is 1. The van der Waals surface area contributed by atoms with Crippen molar-refractivity contribution in [3.63, 3.8) is 0 Å². The third-order valence-corrected chi connectivity index (χ3v) is 4.59. The van der Waals surface area contributed by atoms with E-state index in [4.69, 9.17) is 0 Å². The lowest BCUT2D eigenvalue weighted by Gasteiger charge is -2.29.